The summed E-state index contributed by atoms with van der Waals surface area (Å²) in [4.78, 5) is 30.1. The van der Waals surface area contributed by atoms with Crippen molar-refractivity contribution in [3.05, 3.63) is 65.7 Å². The van der Waals surface area contributed by atoms with Gasteiger partial charge < -0.3 is 15.1 Å². The minimum Gasteiger partial charge on any atom is -0.368 e. The minimum atomic E-state index is -0.434. The smallest absolute Gasteiger partial charge is 0.230 e. The zero-order valence-corrected chi connectivity index (χ0v) is 18.5. The summed E-state index contributed by atoms with van der Waals surface area (Å²) in [5.41, 5.74) is 3.07. The van der Waals surface area contributed by atoms with Gasteiger partial charge in [0.2, 0.25) is 11.8 Å². The van der Waals surface area contributed by atoms with Crippen LogP contribution in [0.4, 0.5) is 5.69 Å². The molecule has 1 saturated heterocycles. The van der Waals surface area contributed by atoms with Crippen LogP contribution in [0.3, 0.4) is 0 Å². The SMILES string of the molecule is Cc1cccc(C2(C(=O)NCCC(=O)N3CCN(c4ccccc4)CC3)CCCC2)c1. The highest BCUT2D eigenvalue weighted by molar-refractivity contribution is 5.89. The molecule has 2 aromatic carbocycles. The van der Waals surface area contributed by atoms with Gasteiger partial charge >= 0.3 is 0 Å². The lowest BCUT2D eigenvalue weighted by molar-refractivity contribution is -0.131. The van der Waals surface area contributed by atoms with Gasteiger partial charge in [0.1, 0.15) is 0 Å². The largest absolute Gasteiger partial charge is 0.368 e. The molecule has 164 valence electrons. The van der Waals surface area contributed by atoms with Gasteiger partial charge in [-0.1, -0.05) is 60.9 Å². The minimum absolute atomic E-state index is 0.0808. The lowest BCUT2D eigenvalue weighted by Crippen LogP contribution is -2.49. The highest BCUT2D eigenvalue weighted by Gasteiger charge is 2.42. The molecular weight excluding hydrogens is 386 g/mol. The summed E-state index contributed by atoms with van der Waals surface area (Å²) in [7, 11) is 0. The number of aryl methyl sites for hydroxylation is 1. The van der Waals surface area contributed by atoms with Gasteiger partial charge in [0.25, 0.3) is 0 Å². The first-order valence-corrected chi connectivity index (χ1v) is 11.5. The highest BCUT2D eigenvalue weighted by atomic mass is 16.2. The van der Waals surface area contributed by atoms with Crippen molar-refractivity contribution in [2.45, 2.75) is 44.4 Å². The number of para-hydroxylation sites is 1. The number of piperazine rings is 1. The molecule has 0 radical (unpaired) electrons. The molecule has 1 heterocycles. The van der Waals surface area contributed by atoms with E-state index in [2.05, 4.69) is 47.5 Å². The van der Waals surface area contributed by atoms with E-state index in [1.54, 1.807) is 0 Å². The summed E-state index contributed by atoms with van der Waals surface area (Å²) in [5, 5.41) is 3.09. The molecule has 5 heteroatoms. The topological polar surface area (TPSA) is 52.7 Å². The van der Waals surface area contributed by atoms with Gasteiger partial charge in [-0.15, -0.1) is 0 Å². The number of hydrogen-bond acceptors (Lipinski definition) is 3. The fourth-order valence-electron chi connectivity index (χ4n) is 5.03. The lowest BCUT2D eigenvalue weighted by Gasteiger charge is -2.36. The number of nitrogens with zero attached hydrogens (tertiary/aromatic N) is 2. The van der Waals surface area contributed by atoms with Crippen LogP contribution < -0.4 is 10.2 Å². The fourth-order valence-corrected chi connectivity index (χ4v) is 5.03. The van der Waals surface area contributed by atoms with Crippen LogP contribution in [0.1, 0.15) is 43.2 Å². The van der Waals surface area contributed by atoms with Gasteiger partial charge in [-0.25, -0.2) is 0 Å². The molecule has 2 fully saturated rings. The summed E-state index contributed by atoms with van der Waals surface area (Å²) in [6.07, 6.45) is 4.29. The molecule has 0 spiro atoms. The quantitative estimate of drug-likeness (QED) is 0.777. The van der Waals surface area contributed by atoms with Crippen LogP contribution in [-0.4, -0.2) is 49.4 Å². The Labute approximate surface area is 185 Å². The predicted octanol–water partition coefficient (Wildman–Crippen LogP) is 3.66. The molecular formula is C26H33N3O2. The van der Waals surface area contributed by atoms with Gasteiger partial charge in [0, 0.05) is 44.8 Å². The summed E-state index contributed by atoms with van der Waals surface area (Å²) in [6.45, 7) is 5.63. The maximum Gasteiger partial charge on any atom is 0.230 e. The van der Waals surface area contributed by atoms with Crippen molar-refractivity contribution in [3.63, 3.8) is 0 Å². The Hall–Kier alpha value is -2.82. The Morgan fingerprint density at radius 2 is 1.65 bits per heavy atom. The monoisotopic (exact) mass is 419 g/mol. The molecule has 1 aliphatic heterocycles. The van der Waals surface area contributed by atoms with Crippen molar-refractivity contribution < 1.29 is 9.59 Å². The Bertz CT molecular complexity index is 898. The van der Waals surface area contributed by atoms with Crippen LogP contribution in [0.15, 0.2) is 54.6 Å². The molecule has 5 nitrogen and oxygen atoms in total. The van der Waals surface area contributed by atoms with E-state index in [9.17, 15) is 9.59 Å². The third-order valence-corrected chi connectivity index (χ3v) is 6.84. The van der Waals surface area contributed by atoms with Crippen molar-refractivity contribution in [2.24, 2.45) is 0 Å². The van der Waals surface area contributed by atoms with Gasteiger partial charge in [-0.2, -0.15) is 0 Å². The number of nitrogens with one attached hydrogen (secondary N) is 1. The van der Waals surface area contributed by atoms with E-state index in [4.69, 9.17) is 0 Å². The van der Waals surface area contributed by atoms with Crippen molar-refractivity contribution in [2.75, 3.05) is 37.6 Å². The van der Waals surface area contributed by atoms with Crippen LogP contribution >= 0.6 is 0 Å². The van der Waals surface area contributed by atoms with E-state index in [1.807, 2.05) is 29.2 Å². The maximum absolute atomic E-state index is 13.2. The highest BCUT2D eigenvalue weighted by Crippen LogP contribution is 2.41. The van der Waals surface area contributed by atoms with E-state index in [0.29, 0.717) is 13.0 Å². The van der Waals surface area contributed by atoms with Crippen LogP contribution in [-0.2, 0) is 15.0 Å². The molecule has 0 atom stereocenters. The maximum atomic E-state index is 13.2. The first-order chi connectivity index (χ1) is 15.1. The molecule has 2 aliphatic rings. The normalized spacial score (nSPS) is 18.1. The molecule has 0 bridgehead atoms. The number of carbonyl (C=O) groups excluding carboxylic acids is 2. The van der Waals surface area contributed by atoms with E-state index >= 15 is 0 Å². The van der Waals surface area contributed by atoms with Gasteiger partial charge in [0.05, 0.1) is 5.41 Å². The zero-order chi connectivity index (χ0) is 21.7. The third kappa shape index (κ3) is 4.76. The predicted molar refractivity (Wildman–Crippen MR) is 124 cm³/mol. The molecule has 4 rings (SSSR count). The number of rotatable bonds is 6. The van der Waals surface area contributed by atoms with Crippen LogP contribution in [0.2, 0.25) is 0 Å². The Morgan fingerprint density at radius 1 is 0.935 bits per heavy atom. The Morgan fingerprint density at radius 3 is 2.32 bits per heavy atom. The number of carbonyl (C=O) groups is 2. The molecule has 1 N–H and O–H groups in total. The average molecular weight is 420 g/mol. The van der Waals surface area contributed by atoms with Gasteiger partial charge in [0.15, 0.2) is 0 Å². The summed E-state index contributed by atoms with van der Waals surface area (Å²) in [5.74, 6) is 0.210. The van der Waals surface area contributed by atoms with Crippen molar-refractivity contribution in [1.82, 2.24) is 10.2 Å². The van der Waals surface area contributed by atoms with Crippen LogP contribution in [0.5, 0.6) is 0 Å². The van der Waals surface area contributed by atoms with E-state index in [0.717, 1.165) is 57.4 Å². The van der Waals surface area contributed by atoms with Crippen LogP contribution in [0, 0.1) is 6.92 Å². The van der Waals surface area contributed by atoms with Crippen molar-refractivity contribution in [3.8, 4) is 0 Å². The van der Waals surface area contributed by atoms with Crippen molar-refractivity contribution >= 4 is 17.5 Å². The molecule has 0 aromatic heterocycles. The van der Waals surface area contributed by atoms with E-state index in [-0.39, 0.29) is 11.8 Å². The summed E-state index contributed by atoms with van der Waals surface area (Å²) in [6, 6.07) is 18.7. The van der Waals surface area contributed by atoms with Gasteiger partial charge in [-0.3, -0.25) is 9.59 Å². The molecule has 1 saturated carbocycles. The van der Waals surface area contributed by atoms with Gasteiger partial charge in [-0.05, 0) is 37.5 Å². The first kappa shape index (κ1) is 21.4. The first-order valence-electron chi connectivity index (χ1n) is 11.5. The standard InChI is InChI=1S/C26H33N3O2/c1-21-8-7-9-22(20-21)26(13-5-6-14-26)25(31)27-15-12-24(30)29-18-16-28(17-19-29)23-10-3-2-4-11-23/h2-4,7-11,20H,5-6,12-19H2,1H3,(H,27,31). The average Bonchev–Trinajstić information content (AvgIpc) is 3.31. The van der Waals surface area contributed by atoms with Crippen LogP contribution in [0.25, 0.3) is 0 Å². The Kier molecular flexibility index (Phi) is 6.59. The Balaban J connectivity index is 1.28. The number of benzene rings is 2. The lowest BCUT2D eigenvalue weighted by atomic mass is 9.77. The zero-order valence-electron chi connectivity index (χ0n) is 18.5. The number of hydrogen-bond donors (Lipinski definition) is 1. The summed E-state index contributed by atoms with van der Waals surface area (Å²) >= 11 is 0. The second-order valence-corrected chi connectivity index (χ2v) is 8.87. The second kappa shape index (κ2) is 9.54. The van der Waals surface area contributed by atoms with E-state index < -0.39 is 5.41 Å². The number of amides is 2. The third-order valence-electron chi connectivity index (χ3n) is 6.84. The van der Waals surface area contributed by atoms with Crippen molar-refractivity contribution in [1.29, 1.82) is 0 Å². The summed E-state index contributed by atoms with van der Waals surface area (Å²) < 4.78 is 0. The molecule has 31 heavy (non-hydrogen) atoms. The molecule has 1 aliphatic carbocycles. The molecule has 2 aromatic rings. The molecule has 0 unspecified atom stereocenters. The van der Waals surface area contributed by atoms with E-state index in [1.165, 1.54) is 11.3 Å². The number of anilines is 1. The second-order valence-electron chi connectivity index (χ2n) is 8.87. The fraction of sp³-hybridized carbons (Fsp3) is 0.462. The molecule has 2 amide bonds.